The van der Waals surface area contributed by atoms with Gasteiger partial charge in [0.1, 0.15) is 6.54 Å². The van der Waals surface area contributed by atoms with E-state index in [4.69, 9.17) is 0 Å². The van der Waals surface area contributed by atoms with Gasteiger partial charge in [0, 0.05) is 20.6 Å². The summed E-state index contributed by atoms with van der Waals surface area (Å²) in [4.78, 5) is 52.2. The highest BCUT2D eigenvalue weighted by molar-refractivity contribution is 5.94. The molecule has 3 amide bonds. The fourth-order valence-electron chi connectivity index (χ4n) is 2.66. The molecule has 3 rings (SSSR count). The summed E-state index contributed by atoms with van der Waals surface area (Å²) in [5, 5.41) is 4.77. The summed E-state index contributed by atoms with van der Waals surface area (Å²) in [7, 11) is 2.83. The smallest absolute Gasteiger partial charge is 0.332 e. The molecule has 0 atom stereocenters. The number of urea groups is 1. The van der Waals surface area contributed by atoms with Crippen LogP contribution in [0.15, 0.2) is 46.2 Å². The molecule has 0 spiro atoms. The first kappa shape index (κ1) is 18.1. The fourth-order valence-corrected chi connectivity index (χ4v) is 2.66. The molecule has 0 aliphatic carbocycles. The van der Waals surface area contributed by atoms with Gasteiger partial charge >= 0.3 is 11.7 Å². The molecule has 2 N–H and O–H groups in total. The van der Waals surface area contributed by atoms with E-state index in [1.165, 1.54) is 29.6 Å². The first-order valence-electron chi connectivity index (χ1n) is 8.11. The average molecular weight is 370 g/mol. The standard InChI is InChI=1S/C17H18N6O4/c1-21-14-13(15(25)22(2)17(21)27)23(10-19-14)9-12(24)20-16(26)18-8-11-6-4-3-5-7-11/h3-7,10H,8-9H2,1-2H3,(H2,18,20,24,26). The van der Waals surface area contributed by atoms with E-state index in [1.54, 1.807) is 0 Å². The Morgan fingerprint density at radius 2 is 1.78 bits per heavy atom. The minimum absolute atomic E-state index is 0.111. The first-order chi connectivity index (χ1) is 12.9. The Hall–Kier alpha value is -3.69. The Labute approximate surface area is 153 Å². The van der Waals surface area contributed by atoms with E-state index in [2.05, 4.69) is 15.6 Å². The third-order valence-corrected chi connectivity index (χ3v) is 4.08. The quantitative estimate of drug-likeness (QED) is 0.639. The topological polar surface area (TPSA) is 120 Å². The van der Waals surface area contributed by atoms with Gasteiger partial charge in [0.05, 0.1) is 6.33 Å². The van der Waals surface area contributed by atoms with Gasteiger partial charge in [0.2, 0.25) is 5.91 Å². The van der Waals surface area contributed by atoms with Gasteiger partial charge in [-0.25, -0.2) is 14.6 Å². The number of imide groups is 1. The Morgan fingerprint density at radius 3 is 2.48 bits per heavy atom. The molecule has 0 fully saturated rings. The molecule has 0 bridgehead atoms. The van der Waals surface area contributed by atoms with Gasteiger partial charge in [-0.15, -0.1) is 0 Å². The van der Waals surface area contributed by atoms with Crippen molar-refractivity contribution in [2.24, 2.45) is 14.1 Å². The number of hydrogen-bond donors (Lipinski definition) is 2. The van der Waals surface area contributed by atoms with Gasteiger partial charge in [0.25, 0.3) is 5.56 Å². The molecule has 0 saturated heterocycles. The van der Waals surface area contributed by atoms with Crippen molar-refractivity contribution in [3.8, 4) is 0 Å². The predicted octanol–water partition coefficient (Wildman–Crippen LogP) is -0.540. The molecule has 3 aromatic rings. The molecule has 140 valence electrons. The summed E-state index contributed by atoms with van der Waals surface area (Å²) in [6, 6.07) is 8.60. The lowest BCUT2D eigenvalue weighted by Gasteiger charge is -2.08. The maximum absolute atomic E-state index is 12.3. The SMILES string of the molecule is Cn1c(=O)c2c(ncn2CC(=O)NC(=O)NCc2ccccc2)n(C)c1=O. The molecule has 10 nitrogen and oxygen atoms in total. The number of carbonyl (C=O) groups excluding carboxylic acids is 2. The molecular weight excluding hydrogens is 352 g/mol. The molecule has 2 aromatic heterocycles. The maximum atomic E-state index is 12.3. The van der Waals surface area contributed by atoms with Crippen LogP contribution in [0.3, 0.4) is 0 Å². The molecule has 27 heavy (non-hydrogen) atoms. The zero-order valence-corrected chi connectivity index (χ0v) is 14.8. The number of fused-ring (bicyclic) bond motifs is 1. The van der Waals surface area contributed by atoms with E-state index >= 15 is 0 Å². The lowest BCUT2D eigenvalue weighted by Crippen LogP contribution is -2.41. The number of nitrogens with zero attached hydrogens (tertiary/aromatic N) is 4. The number of aryl methyl sites for hydroxylation is 1. The Kier molecular flexibility index (Phi) is 4.88. The zero-order chi connectivity index (χ0) is 19.6. The van der Waals surface area contributed by atoms with Gasteiger partial charge in [-0.2, -0.15) is 0 Å². The van der Waals surface area contributed by atoms with E-state index in [1.807, 2.05) is 30.3 Å². The van der Waals surface area contributed by atoms with Crippen LogP contribution in [0.5, 0.6) is 0 Å². The molecular formula is C17H18N6O4. The van der Waals surface area contributed by atoms with Gasteiger partial charge in [-0.05, 0) is 5.56 Å². The Morgan fingerprint density at radius 1 is 1.07 bits per heavy atom. The van der Waals surface area contributed by atoms with E-state index < -0.39 is 23.2 Å². The molecule has 0 aliphatic heterocycles. The van der Waals surface area contributed by atoms with Crippen molar-refractivity contribution >= 4 is 23.1 Å². The number of imidazole rings is 1. The van der Waals surface area contributed by atoms with Crippen molar-refractivity contribution in [1.29, 1.82) is 0 Å². The van der Waals surface area contributed by atoms with Gasteiger partial charge in [-0.1, -0.05) is 30.3 Å². The van der Waals surface area contributed by atoms with Crippen LogP contribution in [0, 0.1) is 0 Å². The third-order valence-electron chi connectivity index (χ3n) is 4.08. The zero-order valence-electron chi connectivity index (χ0n) is 14.8. The third kappa shape index (κ3) is 3.64. The molecule has 0 aliphatic rings. The number of nitrogens with one attached hydrogen (secondary N) is 2. The largest absolute Gasteiger partial charge is 0.334 e. The van der Waals surface area contributed by atoms with Crippen molar-refractivity contribution < 1.29 is 9.59 Å². The number of benzene rings is 1. The molecule has 0 unspecified atom stereocenters. The van der Waals surface area contributed by atoms with Gasteiger partial charge in [-0.3, -0.25) is 24.0 Å². The number of aromatic nitrogens is 4. The molecule has 0 radical (unpaired) electrons. The summed E-state index contributed by atoms with van der Waals surface area (Å²) >= 11 is 0. The van der Waals surface area contributed by atoms with Gasteiger partial charge < -0.3 is 9.88 Å². The Balaban J connectivity index is 1.70. The molecule has 1 aromatic carbocycles. The molecule has 0 saturated carbocycles. The van der Waals surface area contributed by atoms with Crippen LogP contribution in [-0.4, -0.2) is 30.6 Å². The van der Waals surface area contributed by atoms with E-state index in [0.717, 1.165) is 10.1 Å². The number of carbonyl (C=O) groups is 2. The fraction of sp³-hybridized carbons (Fsp3) is 0.235. The predicted molar refractivity (Wildman–Crippen MR) is 97.0 cm³/mol. The highest BCUT2D eigenvalue weighted by Gasteiger charge is 2.16. The van der Waals surface area contributed by atoms with Crippen molar-refractivity contribution in [2.45, 2.75) is 13.1 Å². The van der Waals surface area contributed by atoms with Crippen LogP contribution < -0.4 is 21.9 Å². The van der Waals surface area contributed by atoms with Crippen molar-refractivity contribution in [2.75, 3.05) is 0 Å². The van der Waals surface area contributed by atoms with Crippen LogP contribution in [0.25, 0.3) is 11.2 Å². The van der Waals surface area contributed by atoms with Crippen LogP contribution in [-0.2, 0) is 32.0 Å². The summed E-state index contributed by atoms with van der Waals surface area (Å²) in [6.45, 7) is -0.0146. The Bertz CT molecular complexity index is 1130. The second kappa shape index (κ2) is 7.28. The highest BCUT2D eigenvalue weighted by Crippen LogP contribution is 2.05. The van der Waals surface area contributed by atoms with Gasteiger partial charge in [0.15, 0.2) is 11.2 Å². The van der Waals surface area contributed by atoms with Crippen LogP contribution >= 0.6 is 0 Å². The molecule has 10 heteroatoms. The minimum Gasteiger partial charge on any atom is -0.334 e. The first-order valence-corrected chi connectivity index (χ1v) is 8.11. The number of rotatable bonds is 4. The van der Waals surface area contributed by atoms with Crippen LogP contribution in [0.1, 0.15) is 5.56 Å². The van der Waals surface area contributed by atoms with Crippen molar-refractivity contribution in [3.05, 3.63) is 63.1 Å². The number of hydrogen-bond acceptors (Lipinski definition) is 5. The highest BCUT2D eigenvalue weighted by atomic mass is 16.2. The van der Waals surface area contributed by atoms with Crippen molar-refractivity contribution in [3.63, 3.8) is 0 Å². The molecule has 2 heterocycles. The second-order valence-electron chi connectivity index (χ2n) is 5.97. The number of amides is 3. The summed E-state index contributed by atoms with van der Waals surface area (Å²) in [6.07, 6.45) is 1.28. The average Bonchev–Trinajstić information content (AvgIpc) is 3.07. The maximum Gasteiger partial charge on any atom is 0.332 e. The normalized spacial score (nSPS) is 10.7. The summed E-state index contributed by atoms with van der Waals surface area (Å²) < 4.78 is 3.46. The van der Waals surface area contributed by atoms with E-state index in [0.29, 0.717) is 0 Å². The van der Waals surface area contributed by atoms with Crippen LogP contribution in [0.2, 0.25) is 0 Å². The van der Waals surface area contributed by atoms with E-state index in [-0.39, 0.29) is 24.3 Å². The second-order valence-corrected chi connectivity index (χ2v) is 5.97. The monoisotopic (exact) mass is 370 g/mol. The van der Waals surface area contributed by atoms with Crippen molar-refractivity contribution in [1.82, 2.24) is 29.3 Å². The lowest BCUT2D eigenvalue weighted by molar-refractivity contribution is -0.120. The lowest BCUT2D eigenvalue weighted by atomic mass is 10.2. The van der Waals surface area contributed by atoms with Crippen LogP contribution in [0.4, 0.5) is 4.79 Å². The minimum atomic E-state index is -0.645. The summed E-state index contributed by atoms with van der Waals surface area (Å²) in [5.41, 5.74) is 0.100. The van der Waals surface area contributed by atoms with E-state index in [9.17, 15) is 19.2 Å². The summed E-state index contributed by atoms with van der Waals surface area (Å²) in [5.74, 6) is -0.615.